The van der Waals surface area contributed by atoms with Crippen molar-refractivity contribution in [2.45, 2.75) is 19.4 Å². The summed E-state index contributed by atoms with van der Waals surface area (Å²) in [5.41, 5.74) is 1.52. The van der Waals surface area contributed by atoms with Gasteiger partial charge in [0.15, 0.2) is 12.6 Å². The molecule has 1 saturated heterocycles. The Bertz CT molecular complexity index is 650. The lowest BCUT2D eigenvalue weighted by Gasteiger charge is -2.30. The summed E-state index contributed by atoms with van der Waals surface area (Å²) in [5.74, 6) is -0.956. The molecule has 2 atom stereocenters. The SMILES string of the molecule is COC(=O)C[C@@H]1C(=O)NCC[NH+]1CC(=O)Nc1ccc(C)c(Cl)c1. The molecule has 1 aromatic carbocycles. The van der Waals surface area contributed by atoms with Crippen molar-refractivity contribution < 1.29 is 24.0 Å². The number of anilines is 1. The smallest absolute Gasteiger partial charge is 0.312 e. The molecule has 3 N–H and O–H groups in total. The van der Waals surface area contributed by atoms with E-state index in [2.05, 4.69) is 15.4 Å². The van der Waals surface area contributed by atoms with E-state index >= 15 is 0 Å². The lowest BCUT2D eigenvalue weighted by atomic mass is 10.1. The molecule has 0 aliphatic carbocycles. The number of rotatable bonds is 5. The van der Waals surface area contributed by atoms with Gasteiger partial charge >= 0.3 is 5.97 Å². The van der Waals surface area contributed by atoms with Gasteiger partial charge in [-0.2, -0.15) is 0 Å². The maximum absolute atomic E-state index is 12.3. The Hall–Kier alpha value is -2.12. The Balaban J connectivity index is 2.00. The van der Waals surface area contributed by atoms with Gasteiger partial charge in [0.05, 0.1) is 20.2 Å². The number of halogens is 1. The van der Waals surface area contributed by atoms with Crippen LogP contribution in [-0.4, -0.2) is 50.6 Å². The summed E-state index contributed by atoms with van der Waals surface area (Å²) in [5, 5.41) is 6.05. The van der Waals surface area contributed by atoms with Gasteiger partial charge < -0.3 is 20.3 Å². The van der Waals surface area contributed by atoms with Crippen LogP contribution in [0.15, 0.2) is 18.2 Å². The van der Waals surface area contributed by atoms with Gasteiger partial charge in [-0.05, 0) is 24.6 Å². The summed E-state index contributed by atoms with van der Waals surface area (Å²) in [7, 11) is 1.27. The van der Waals surface area contributed by atoms with Crippen LogP contribution in [-0.2, 0) is 19.1 Å². The van der Waals surface area contributed by atoms with Crippen LogP contribution in [0.5, 0.6) is 0 Å². The Morgan fingerprint density at radius 2 is 2.21 bits per heavy atom. The van der Waals surface area contributed by atoms with Crippen molar-refractivity contribution in [3.63, 3.8) is 0 Å². The van der Waals surface area contributed by atoms with Crippen LogP contribution in [0.1, 0.15) is 12.0 Å². The fourth-order valence-corrected chi connectivity index (χ4v) is 2.79. The third-order valence-corrected chi connectivity index (χ3v) is 4.40. The first-order valence-corrected chi connectivity index (χ1v) is 8.03. The van der Waals surface area contributed by atoms with Crippen LogP contribution in [0.4, 0.5) is 5.69 Å². The van der Waals surface area contributed by atoms with E-state index in [1.807, 2.05) is 13.0 Å². The lowest BCUT2D eigenvalue weighted by molar-refractivity contribution is -0.909. The molecule has 1 aliphatic rings. The van der Waals surface area contributed by atoms with Gasteiger partial charge in [0.1, 0.15) is 6.42 Å². The molecule has 2 rings (SSSR count). The first-order valence-electron chi connectivity index (χ1n) is 7.66. The third kappa shape index (κ3) is 4.69. The highest BCUT2D eigenvalue weighted by Crippen LogP contribution is 2.19. The van der Waals surface area contributed by atoms with E-state index in [0.717, 1.165) is 10.5 Å². The fourth-order valence-electron chi connectivity index (χ4n) is 2.61. The molecule has 1 aliphatic heterocycles. The van der Waals surface area contributed by atoms with E-state index in [1.54, 1.807) is 12.1 Å². The topological polar surface area (TPSA) is 88.9 Å². The quantitative estimate of drug-likeness (QED) is 0.624. The molecule has 1 heterocycles. The molecule has 0 bridgehead atoms. The Labute approximate surface area is 145 Å². The molecular weight excluding hydrogens is 334 g/mol. The number of piperazine rings is 1. The maximum atomic E-state index is 12.3. The van der Waals surface area contributed by atoms with Gasteiger partial charge in [0.2, 0.25) is 0 Å². The first-order chi connectivity index (χ1) is 11.4. The second kappa shape index (κ2) is 8.12. The average Bonchev–Trinajstić information content (AvgIpc) is 2.54. The summed E-state index contributed by atoms with van der Waals surface area (Å²) in [6.07, 6.45) is -0.0543. The van der Waals surface area contributed by atoms with Crippen LogP contribution in [0.2, 0.25) is 5.02 Å². The highest BCUT2D eigenvalue weighted by Gasteiger charge is 2.36. The largest absolute Gasteiger partial charge is 0.469 e. The lowest BCUT2D eigenvalue weighted by Crippen LogP contribution is -3.20. The number of esters is 1. The Morgan fingerprint density at radius 3 is 2.88 bits per heavy atom. The third-order valence-electron chi connectivity index (χ3n) is 4.00. The van der Waals surface area contributed by atoms with Gasteiger partial charge in [0, 0.05) is 10.7 Å². The van der Waals surface area contributed by atoms with E-state index in [9.17, 15) is 14.4 Å². The number of methoxy groups -OCH3 is 1. The second-order valence-electron chi connectivity index (χ2n) is 5.72. The number of aryl methyl sites for hydroxylation is 1. The first kappa shape index (κ1) is 18.2. The number of hydrogen-bond donors (Lipinski definition) is 3. The van der Waals surface area contributed by atoms with Gasteiger partial charge in [-0.3, -0.25) is 14.4 Å². The molecule has 0 radical (unpaired) electrons. The van der Waals surface area contributed by atoms with Crippen LogP contribution < -0.4 is 15.5 Å². The van der Waals surface area contributed by atoms with Crippen molar-refractivity contribution in [2.24, 2.45) is 0 Å². The number of ether oxygens (including phenoxy) is 1. The van der Waals surface area contributed by atoms with E-state index in [-0.39, 0.29) is 24.8 Å². The monoisotopic (exact) mass is 354 g/mol. The van der Waals surface area contributed by atoms with Crippen molar-refractivity contribution in [2.75, 3.05) is 32.1 Å². The average molecular weight is 355 g/mol. The molecule has 1 unspecified atom stereocenters. The van der Waals surface area contributed by atoms with E-state index in [1.165, 1.54) is 7.11 Å². The van der Waals surface area contributed by atoms with Crippen molar-refractivity contribution in [3.05, 3.63) is 28.8 Å². The van der Waals surface area contributed by atoms with Crippen LogP contribution in [0.25, 0.3) is 0 Å². The van der Waals surface area contributed by atoms with E-state index in [4.69, 9.17) is 11.6 Å². The summed E-state index contributed by atoms with van der Waals surface area (Å²) >= 11 is 6.04. The zero-order valence-corrected chi connectivity index (χ0v) is 14.4. The molecule has 24 heavy (non-hydrogen) atoms. The van der Waals surface area contributed by atoms with Crippen molar-refractivity contribution >= 4 is 35.1 Å². The van der Waals surface area contributed by atoms with Crippen molar-refractivity contribution in [3.8, 4) is 0 Å². The number of nitrogens with one attached hydrogen (secondary N) is 3. The summed E-state index contributed by atoms with van der Waals surface area (Å²) in [4.78, 5) is 36.5. The molecular formula is C16H21ClN3O4+. The molecule has 0 aromatic heterocycles. The summed E-state index contributed by atoms with van der Waals surface area (Å²) < 4.78 is 4.63. The van der Waals surface area contributed by atoms with Gasteiger partial charge in [-0.1, -0.05) is 17.7 Å². The molecule has 0 saturated carbocycles. The number of amides is 2. The fraction of sp³-hybridized carbons (Fsp3) is 0.438. The highest BCUT2D eigenvalue weighted by molar-refractivity contribution is 6.31. The summed E-state index contributed by atoms with van der Waals surface area (Å²) in [6, 6.07) is 4.64. The minimum atomic E-state index is -0.626. The molecule has 2 amide bonds. The number of hydrogen-bond acceptors (Lipinski definition) is 4. The Kier molecular flexibility index (Phi) is 6.16. The number of benzene rings is 1. The zero-order chi connectivity index (χ0) is 17.7. The molecule has 1 aromatic rings. The number of quaternary nitrogens is 1. The highest BCUT2D eigenvalue weighted by atomic mass is 35.5. The number of carbonyl (C=O) groups excluding carboxylic acids is 3. The predicted octanol–water partition coefficient (Wildman–Crippen LogP) is -0.467. The van der Waals surface area contributed by atoms with E-state index < -0.39 is 12.0 Å². The molecule has 130 valence electrons. The van der Waals surface area contributed by atoms with E-state index in [0.29, 0.717) is 23.8 Å². The molecule has 1 fully saturated rings. The van der Waals surface area contributed by atoms with Crippen molar-refractivity contribution in [1.82, 2.24) is 5.32 Å². The summed E-state index contributed by atoms with van der Waals surface area (Å²) in [6.45, 7) is 2.99. The van der Waals surface area contributed by atoms with Gasteiger partial charge in [-0.25, -0.2) is 0 Å². The molecule has 7 nitrogen and oxygen atoms in total. The van der Waals surface area contributed by atoms with Crippen LogP contribution in [0.3, 0.4) is 0 Å². The van der Waals surface area contributed by atoms with Crippen LogP contribution in [0, 0.1) is 6.92 Å². The molecule has 8 heteroatoms. The second-order valence-corrected chi connectivity index (χ2v) is 6.13. The number of carbonyl (C=O) groups is 3. The van der Waals surface area contributed by atoms with Crippen molar-refractivity contribution in [1.29, 1.82) is 0 Å². The standard InChI is InChI=1S/C16H20ClN3O4/c1-10-3-4-11(7-12(10)17)19-14(21)9-20-6-5-18-16(23)13(20)8-15(22)24-2/h3-4,7,13H,5-6,8-9H2,1-2H3,(H,18,23)(H,19,21)/p+1/t13-/m1/s1. The predicted molar refractivity (Wildman–Crippen MR) is 88.9 cm³/mol. The minimum absolute atomic E-state index is 0.0543. The normalized spacial score (nSPS) is 20.2. The maximum Gasteiger partial charge on any atom is 0.312 e. The van der Waals surface area contributed by atoms with Crippen LogP contribution >= 0.6 is 11.6 Å². The minimum Gasteiger partial charge on any atom is -0.469 e. The zero-order valence-electron chi connectivity index (χ0n) is 13.6. The van der Waals surface area contributed by atoms with Gasteiger partial charge in [0.25, 0.3) is 11.8 Å². The van der Waals surface area contributed by atoms with Gasteiger partial charge in [-0.15, -0.1) is 0 Å². The Morgan fingerprint density at radius 1 is 1.46 bits per heavy atom. The molecule has 0 spiro atoms.